The van der Waals surface area contributed by atoms with Gasteiger partial charge in [0.05, 0.1) is 12.8 Å². The number of ether oxygens (including phenoxy) is 2. The number of carbonyl (C=O) groups excluding carboxylic acids is 2. The van der Waals surface area contributed by atoms with E-state index < -0.39 is 97.4 Å². The molecule has 0 aromatic carbocycles. The zero-order valence-corrected chi connectivity index (χ0v) is 16.2. The summed E-state index contributed by atoms with van der Waals surface area (Å²) in [6.45, 7) is 0. The molecule has 16 nitrogen and oxygen atoms in total. The lowest BCUT2D eigenvalue weighted by Crippen LogP contribution is -2.72. The van der Waals surface area contributed by atoms with E-state index in [4.69, 9.17) is 0 Å². The third-order valence-corrected chi connectivity index (χ3v) is 5.48. The molecule has 0 amide bonds. The lowest BCUT2D eigenvalue weighted by molar-refractivity contribution is -0.349. The first-order valence-electron chi connectivity index (χ1n) is 9.28. The SMILES string of the molecule is O=C(CCC(=O)OC1(O)[C@H](O)[C@H](O)C(O)[C@H](O)[C@H]1O)OC1(O)[C@H](O)[C@H](O)C(O)[C@H](O)[C@H]1O. The van der Waals surface area contributed by atoms with Gasteiger partial charge in [0.1, 0.15) is 36.6 Å². The number of hydrogen-bond donors (Lipinski definition) is 12. The van der Waals surface area contributed by atoms with Crippen molar-refractivity contribution in [1.29, 1.82) is 0 Å². The maximum absolute atomic E-state index is 11.9. The predicted molar refractivity (Wildman–Crippen MR) is 91.4 cm³/mol. The van der Waals surface area contributed by atoms with Gasteiger partial charge in [-0.3, -0.25) is 9.59 Å². The van der Waals surface area contributed by atoms with Crippen LogP contribution >= 0.6 is 0 Å². The summed E-state index contributed by atoms with van der Waals surface area (Å²) in [5.74, 6) is -9.58. The second-order valence-electron chi connectivity index (χ2n) is 7.67. The van der Waals surface area contributed by atoms with E-state index in [-0.39, 0.29) is 0 Å². The van der Waals surface area contributed by atoms with Gasteiger partial charge in [-0.25, -0.2) is 0 Å². The molecule has 0 aromatic heterocycles. The molecule has 186 valence electrons. The van der Waals surface area contributed by atoms with Crippen LogP contribution in [0.4, 0.5) is 0 Å². The molecule has 0 spiro atoms. The highest BCUT2D eigenvalue weighted by Gasteiger charge is 2.61. The van der Waals surface area contributed by atoms with Crippen molar-refractivity contribution in [2.75, 3.05) is 0 Å². The Kier molecular flexibility index (Phi) is 7.82. The standard InChI is InChI=1S/C16H26O16/c17-3(31-15(29)11(25)7(21)5(19)8(22)12(15)26)1-2-4(18)32-16(30)13(27)9(23)6(20)10(24)14(16)28/h5-14,19-30H,1-2H2/t5?,6?,7-,8+,9-,10+,11-,12-,13-,14-,15?,16?/m1/s1. The molecule has 2 saturated carbocycles. The molecule has 12 N–H and O–H groups in total. The molecular formula is C16H26O16. The predicted octanol–water partition coefficient (Wildman–Crippen LogP) is -8.13. The molecule has 12 atom stereocenters. The van der Waals surface area contributed by atoms with Crippen LogP contribution in [-0.4, -0.2) is 146 Å². The Morgan fingerprint density at radius 3 is 0.938 bits per heavy atom. The molecule has 0 aromatic rings. The lowest BCUT2D eigenvalue weighted by atomic mass is 9.82. The smallest absolute Gasteiger partial charge is 0.309 e. The van der Waals surface area contributed by atoms with Gasteiger partial charge in [0, 0.05) is 0 Å². The van der Waals surface area contributed by atoms with E-state index in [0.29, 0.717) is 0 Å². The van der Waals surface area contributed by atoms with Crippen LogP contribution in [0.25, 0.3) is 0 Å². The Morgan fingerprint density at radius 1 is 0.500 bits per heavy atom. The molecule has 32 heavy (non-hydrogen) atoms. The average Bonchev–Trinajstić information content (AvgIpc) is 2.75. The van der Waals surface area contributed by atoms with Gasteiger partial charge in [-0.05, 0) is 0 Å². The van der Waals surface area contributed by atoms with Crippen molar-refractivity contribution < 1.29 is 80.3 Å². The largest absolute Gasteiger partial charge is 0.427 e. The minimum absolute atomic E-state index is 0.981. The van der Waals surface area contributed by atoms with Crippen molar-refractivity contribution in [1.82, 2.24) is 0 Å². The molecule has 2 rings (SSSR count). The van der Waals surface area contributed by atoms with Crippen LogP contribution in [-0.2, 0) is 19.1 Å². The number of aliphatic hydroxyl groups is 12. The third kappa shape index (κ3) is 4.45. The van der Waals surface area contributed by atoms with Gasteiger partial charge in [-0.1, -0.05) is 0 Å². The normalized spacial score (nSPS) is 49.4. The van der Waals surface area contributed by atoms with E-state index in [9.17, 15) is 70.9 Å². The summed E-state index contributed by atoms with van der Waals surface area (Å²) >= 11 is 0. The maximum atomic E-state index is 11.9. The summed E-state index contributed by atoms with van der Waals surface area (Å²) < 4.78 is 8.90. The molecule has 16 heteroatoms. The lowest BCUT2D eigenvalue weighted by Gasteiger charge is -2.46. The molecule has 2 aliphatic rings. The first kappa shape index (κ1) is 26.7. The van der Waals surface area contributed by atoms with Gasteiger partial charge in [0.25, 0.3) is 11.6 Å². The van der Waals surface area contributed by atoms with Crippen LogP contribution in [0.2, 0.25) is 0 Å². The highest BCUT2D eigenvalue weighted by molar-refractivity contribution is 5.78. The van der Waals surface area contributed by atoms with Gasteiger partial charge in [-0.15, -0.1) is 0 Å². The summed E-state index contributed by atoms with van der Waals surface area (Å²) in [7, 11) is 0. The first-order chi connectivity index (χ1) is 14.6. The molecule has 0 radical (unpaired) electrons. The molecule has 0 saturated heterocycles. The Morgan fingerprint density at radius 2 is 0.719 bits per heavy atom. The van der Waals surface area contributed by atoms with E-state index in [1.807, 2.05) is 0 Å². The second kappa shape index (κ2) is 9.37. The van der Waals surface area contributed by atoms with Gasteiger partial charge >= 0.3 is 11.9 Å². The Balaban J connectivity index is 2.00. The fraction of sp³-hybridized carbons (Fsp3) is 0.875. The molecule has 0 heterocycles. The van der Waals surface area contributed by atoms with Gasteiger partial charge < -0.3 is 70.8 Å². The zero-order chi connectivity index (χ0) is 24.8. The van der Waals surface area contributed by atoms with E-state index >= 15 is 0 Å². The Labute approximate surface area is 178 Å². The number of aliphatic hydroxyl groups excluding tert-OH is 10. The third-order valence-electron chi connectivity index (χ3n) is 5.48. The number of rotatable bonds is 5. The minimum atomic E-state index is -3.28. The molecule has 2 aliphatic carbocycles. The van der Waals surface area contributed by atoms with Crippen LogP contribution in [0.1, 0.15) is 12.8 Å². The van der Waals surface area contributed by atoms with Crippen LogP contribution < -0.4 is 0 Å². The Hall–Kier alpha value is -1.54. The van der Waals surface area contributed by atoms with Crippen LogP contribution in [0, 0.1) is 0 Å². The van der Waals surface area contributed by atoms with Crippen LogP contribution in [0.3, 0.4) is 0 Å². The van der Waals surface area contributed by atoms with Crippen molar-refractivity contribution in [2.45, 2.75) is 85.5 Å². The van der Waals surface area contributed by atoms with Crippen molar-refractivity contribution in [2.24, 2.45) is 0 Å². The summed E-state index contributed by atoms with van der Waals surface area (Å²) in [4.78, 5) is 23.9. The molecule has 0 aliphatic heterocycles. The summed E-state index contributed by atoms with van der Waals surface area (Å²) in [6.07, 6.45) is -24.9. The molecule has 4 unspecified atom stereocenters. The minimum Gasteiger partial charge on any atom is -0.427 e. The number of carbonyl (C=O) groups is 2. The topological polar surface area (TPSA) is 295 Å². The summed E-state index contributed by atoms with van der Waals surface area (Å²) in [6, 6.07) is 0. The van der Waals surface area contributed by atoms with Crippen molar-refractivity contribution in [3.05, 3.63) is 0 Å². The van der Waals surface area contributed by atoms with Gasteiger partial charge in [0.2, 0.25) is 0 Å². The number of esters is 2. The second-order valence-corrected chi connectivity index (χ2v) is 7.67. The molecule has 0 bridgehead atoms. The van der Waals surface area contributed by atoms with E-state index in [1.165, 1.54) is 0 Å². The molecule has 2 fully saturated rings. The quantitative estimate of drug-likeness (QED) is 0.130. The fourth-order valence-corrected chi connectivity index (χ4v) is 3.39. The van der Waals surface area contributed by atoms with Crippen LogP contribution in [0.15, 0.2) is 0 Å². The van der Waals surface area contributed by atoms with Crippen molar-refractivity contribution in [3.8, 4) is 0 Å². The zero-order valence-electron chi connectivity index (χ0n) is 16.2. The highest BCUT2D eigenvalue weighted by atomic mass is 16.7. The average molecular weight is 474 g/mol. The first-order valence-corrected chi connectivity index (χ1v) is 9.28. The van der Waals surface area contributed by atoms with E-state index in [0.717, 1.165) is 0 Å². The van der Waals surface area contributed by atoms with Gasteiger partial charge in [0.15, 0.2) is 24.4 Å². The number of hydrogen-bond acceptors (Lipinski definition) is 16. The fourth-order valence-electron chi connectivity index (χ4n) is 3.39. The van der Waals surface area contributed by atoms with Gasteiger partial charge in [-0.2, -0.15) is 0 Å². The van der Waals surface area contributed by atoms with Crippen LogP contribution in [0.5, 0.6) is 0 Å². The summed E-state index contributed by atoms with van der Waals surface area (Å²) in [5, 5.41) is 117. The van der Waals surface area contributed by atoms with Crippen molar-refractivity contribution >= 4 is 11.9 Å². The Bertz CT molecular complexity index is 610. The van der Waals surface area contributed by atoms with E-state index in [2.05, 4.69) is 9.47 Å². The molecular weight excluding hydrogens is 448 g/mol. The van der Waals surface area contributed by atoms with E-state index in [1.54, 1.807) is 0 Å². The van der Waals surface area contributed by atoms with Crippen molar-refractivity contribution in [3.63, 3.8) is 0 Å². The summed E-state index contributed by atoms with van der Waals surface area (Å²) in [5.41, 5.74) is 0. The highest BCUT2D eigenvalue weighted by Crippen LogP contribution is 2.33. The maximum Gasteiger partial charge on any atom is 0.309 e. The monoisotopic (exact) mass is 474 g/mol.